The zero-order valence-corrected chi connectivity index (χ0v) is 17.3. The number of hydrogen-bond donors (Lipinski definition) is 2. The summed E-state index contributed by atoms with van der Waals surface area (Å²) in [6.45, 7) is 3.17. The van der Waals surface area contributed by atoms with Crippen molar-refractivity contribution >= 4 is 12.2 Å². The van der Waals surface area contributed by atoms with Crippen molar-refractivity contribution in [2.45, 2.75) is 77.6 Å². The maximum Gasteiger partial charge on any atom is 0.407 e. The minimum Gasteiger partial charge on any atom is -0.465 e. The number of carboxylic acid groups (broad SMARTS) is 1. The zero-order chi connectivity index (χ0) is 22.3. The van der Waals surface area contributed by atoms with E-state index in [2.05, 4.69) is 19.2 Å². The monoisotopic (exact) mass is 430 g/mol. The Morgan fingerprint density at radius 2 is 1.76 bits per heavy atom. The number of unbranched alkanes of at least 4 members (excludes halogenated alkanes) is 4. The van der Waals surface area contributed by atoms with E-state index in [0.717, 1.165) is 25.7 Å². The third kappa shape index (κ3) is 13.2. The van der Waals surface area contributed by atoms with Crippen LogP contribution in [0.2, 0.25) is 0 Å². The lowest BCUT2D eigenvalue weighted by atomic mass is 10.0. The number of nitrogens with one attached hydrogen (secondary N) is 1. The normalized spacial score (nSPS) is 12.7. The number of amides is 2. The van der Waals surface area contributed by atoms with E-state index in [-0.39, 0.29) is 13.0 Å². The fraction of sp³-hybridized carbons (Fsp3) is 0.895. The smallest absolute Gasteiger partial charge is 0.407 e. The molecule has 0 aromatic rings. The first kappa shape index (κ1) is 27.3. The van der Waals surface area contributed by atoms with Gasteiger partial charge in [-0.25, -0.2) is 18.4 Å². The van der Waals surface area contributed by atoms with Crippen LogP contribution in [0.5, 0.6) is 0 Å². The Morgan fingerprint density at radius 3 is 2.31 bits per heavy atom. The summed E-state index contributed by atoms with van der Waals surface area (Å²) in [5.41, 5.74) is 0. The van der Waals surface area contributed by atoms with Crippen molar-refractivity contribution in [1.29, 1.82) is 0 Å². The van der Waals surface area contributed by atoms with E-state index in [0.29, 0.717) is 43.2 Å². The average Bonchev–Trinajstić information content (AvgIpc) is 2.66. The molecule has 0 aliphatic heterocycles. The molecule has 2 amide bonds. The van der Waals surface area contributed by atoms with Gasteiger partial charge in [0.05, 0.1) is 13.2 Å². The second-order valence-electron chi connectivity index (χ2n) is 7.12. The third-order valence-corrected chi connectivity index (χ3v) is 4.61. The minimum atomic E-state index is -4.37. The van der Waals surface area contributed by atoms with Gasteiger partial charge in [-0.2, -0.15) is 8.78 Å². The molecule has 0 aliphatic carbocycles. The Morgan fingerprint density at radius 1 is 1.10 bits per heavy atom. The van der Waals surface area contributed by atoms with Gasteiger partial charge in [0.2, 0.25) is 0 Å². The van der Waals surface area contributed by atoms with Crippen LogP contribution in [0.4, 0.5) is 27.2 Å². The van der Waals surface area contributed by atoms with Crippen molar-refractivity contribution in [3.05, 3.63) is 0 Å². The van der Waals surface area contributed by atoms with E-state index < -0.39 is 31.1 Å². The van der Waals surface area contributed by atoms with Crippen LogP contribution < -0.4 is 5.32 Å². The SMILES string of the molecule is CCCCC(CC)COC(=O)NCCCCCCN(CC(F)(F)C(F)F)C(=O)O. The second kappa shape index (κ2) is 15.1. The van der Waals surface area contributed by atoms with Gasteiger partial charge in [-0.15, -0.1) is 0 Å². The highest BCUT2D eigenvalue weighted by Crippen LogP contribution is 2.24. The highest BCUT2D eigenvalue weighted by atomic mass is 19.3. The molecule has 1 atom stereocenters. The molecule has 29 heavy (non-hydrogen) atoms. The largest absolute Gasteiger partial charge is 0.465 e. The maximum absolute atomic E-state index is 13.0. The second-order valence-corrected chi connectivity index (χ2v) is 7.12. The Balaban J connectivity index is 3.89. The van der Waals surface area contributed by atoms with E-state index in [9.17, 15) is 27.2 Å². The topological polar surface area (TPSA) is 78.9 Å². The molecule has 0 aromatic carbocycles. The van der Waals surface area contributed by atoms with Crippen molar-refractivity contribution in [2.24, 2.45) is 5.92 Å². The summed E-state index contributed by atoms with van der Waals surface area (Å²) in [6, 6.07) is 0. The highest BCUT2D eigenvalue weighted by Gasteiger charge is 2.43. The molecule has 10 heteroatoms. The van der Waals surface area contributed by atoms with Crippen molar-refractivity contribution < 1.29 is 37.0 Å². The quantitative estimate of drug-likeness (QED) is 0.255. The van der Waals surface area contributed by atoms with Gasteiger partial charge in [0.15, 0.2) is 0 Å². The Kier molecular flexibility index (Phi) is 14.2. The summed E-state index contributed by atoms with van der Waals surface area (Å²) in [5, 5.41) is 11.5. The van der Waals surface area contributed by atoms with E-state index in [4.69, 9.17) is 9.84 Å². The van der Waals surface area contributed by atoms with Crippen LogP contribution in [0.15, 0.2) is 0 Å². The first-order chi connectivity index (χ1) is 13.6. The number of alkyl carbamates (subject to hydrolysis) is 1. The maximum atomic E-state index is 13.0. The molecule has 0 fully saturated rings. The number of ether oxygens (including phenoxy) is 1. The number of hydrogen-bond acceptors (Lipinski definition) is 3. The lowest BCUT2D eigenvalue weighted by Crippen LogP contribution is -2.44. The van der Waals surface area contributed by atoms with Crippen molar-refractivity contribution in [3.8, 4) is 0 Å². The predicted octanol–water partition coefficient (Wildman–Crippen LogP) is 5.37. The van der Waals surface area contributed by atoms with Crippen molar-refractivity contribution in [2.75, 3.05) is 26.2 Å². The van der Waals surface area contributed by atoms with Crippen LogP contribution in [0, 0.1) is 5.92 Å². The van der Waals surface area contributed by atoms with E-state index in [1.807, 2.05) is 0 Å². The van der Waals surface area contributed by atoms with Gasteiger partial charge in [0, 0.05) is 13.1 Å². The molecule has 0 saturated heterocycles. The molecular formula is C19H34F4N2O4. The Labute approximate surface area is 170 Å². The Hall–Kier alpha value is -1.74. The standard InChI is InChI=1S/C19H34F4N2O4/c1-3-5-10-15(4-2)13-29-17(26)24-11-8-6-7-9-12-25(18(27)28)14-19(22,23)16(20)21/h15-16H,3-14H2,1-2H3,(H,24,26)(H,27,28). The van der Waals surface area contributed by atoms with Gasteiger partial charge < -0.3 is 20.1 Å². The molecule has 0 rings (SSSR count). The van der Waals surface area contributed by atoms with Crippen LogP contribution in [-0.2, 0) is 4.74 Å². The molecule has 0 spiro atoms. The fourth-order valence-corrected chi connectivity index (χ4v) is 2.68. The molecule has 0 bridgehead atoms. The summed E-state index contributed by atoms with van der Waals surface area (Å²) < 4.78 is 55.6. The number of nitrogens with zero attached hydrogens (tertiary/aromatic N) is 1. The summed E-state index contributed by atoms with van der Waals surface area (Å²) in [6.07, 6.45) is 0.168. The van der Waals surface area contributed by atoms with Crippen LogP contribution in [0.1, 0.15) is 65.2 Å². The van der Waals surface area contributed by atoms with Crippen LogP contribution >= 0.6 is 0 Å². The van der Waals surface area contributed by atoms with Crippen LogP contribution in [-0.4, -0.2) is 60.8 Å². The van der Waals surface area contributed by atoms with E-state index >= 15 is 0 Å². The molecular weight excluding hydrogens is 396 g/mol. The number of carbonyl (C=O) groups excluding carboxylic acids is 1. The third-order valence-electron chi connectivity index (χ3n) is 4.61. The summed E-state index contributed by atoms with van der Waals surface area (Å²) >= 11 is 0. The molecule has 0 saturated carbocycles. The van der Waals surface area contributed by atoms with Crippen molar-refractivity contribution in [3.63, 3.8) is 0 Å². The first-order valence-electron chi connectivity index (χ1n) is 10.2. The van der Waals surface area contributed by atoms with Crippen LogP contribution in [0.3, 0.4) is 0 Å². The van der Waals surface area contributed by atoms with E-state index in [1.165, 1.54) is 0 Å². The van der Waals surface area contributed by atoms with Gasteiger partial charge in [-0.1, -0.05) is 46.0 Å². The average molecular weight is 430 g/mol. The number of carbonyl (C=O) groups is 2. The zero-order valence-electron chi connectivity index (χ0n) is 17.3. The number of alkyl halides is 4. The molecule has 0 aromatic heterocycles. The van der Waals surface area contributed by atoms with Gasteiger partial charge in [-0.05, 0) is 25.2 Å². The molecule has 0 radical (unpaired) electrons. The summed E-state index contributed by atoms with van der Waals surface area (Å²) in [7, 11) is 0. The number of rotatable bonds is 16. The lowest BCUT2D eigenvalue weighted by molar-refractivity contribution is -0.138. The lowest BCUT2D eigenvalue weighted by Gasteiger charge is -2.24. The molecule has 2 N–H and O–H groups in total. The van der Waals surface area contributed by atoms with E-state index in [1.54, 1.807) is 0 Å². The molecule has 172 valence electrons. The van der Waals surface area contributed by atoms with Gasteiger partial charge in [0.1, 0.15) is 0 Å². The molecule has 6 nitrogen and oxygen atoms in total. The number of halogens is 4. The van der Waals surface area contributed by atoms with Crippen molar-refractivity contribution in [1.82, 2.24) is 10.2 Å². The van der Waals surface area contributed by atoms with Gasteiger partial charge in [-0.3, -0.25) is 0 Å². The fourth-order valence-electron chi connectivity index (χ4n) is 2.68. The minimum absolute atomic E-state index is 0.247. The summed E-state index contributed by atoms with van der Waals surface area (Å²) in [5.74, 6) is -4.01. The predicted molar refractivity (Wildman–Crippen MR) is 102 cm³/mol. The molecule has 1 unspecified atom stereocenters. The molecule has 0 aliphatic rings. The van der Waals surface area contributed by atoms with Crippen LogP contribution in [0.25, 0.3) is 0 Å². The summed E-state index contributed by atoms with van der Waals surface area (Å²) in [4.78, 5) is 22.9. The van der Waals surface area contributed by atoms with Gasteiger partial charge in [0.25, 0.3) is 0 Å². The van der Waals surface area contributed by atoms with Gasteiger partial charge >= 0.3 is 24.5 Å². The highest BCUT2D eigenvalue weighted by molar-refractivity contribution is 5.67. The first-order valence-corrected chi connectivity index (χ1v) is 10.2. The molecule has 0 heterocycles. The Bertz CT molecular complexity index is 467.